The van der Waals surface area contributed by atoms with Gasteiger partial charge in [-0.05, 0) is 61.4 Å². The van der Waals surface area contributed by atoms with E-state index in [0.717, 1.165) is 50.1 Å². The molecule has 0 unspecified atom stereocenters. The number of ether oxygens (including phenoxy) is 10. The van der Waals surface area contributed by atoms with Crippen LogP contribution in [-0.4, -0.2) is 144 Å². The summed E-state index contributed by atoms with van der Waals surface area (Å²) >= 11 is 0. The molecule has 14 nitrogen and oxygen atoms in total. The fraction of sp³-hybridized carbons (Fsp3) is 0.650. The molecule has 0 saturated carbocycles. The number of esters is 2. The highest BCUT2D eigenvalue weighted by molar-refractivity contribution is 5.90. The molecule has 0 spiro atoms. The Kier molecular flexibility index (Phi) is 29.6. The molecule has 0 aromatic heterocycles. The molecule has 0 aliphatic rings. The molecule has 14 heteroatoms. The van der Waals surface area contributed by atoms with Gasteiger partial charge in [0.05, 0.1) is 117 Å². The van der Waals surface area contributed by atoms with Crippen LogP contribution in [-0.2, 0) is 47.4 Å². The SMILES string of the molecule is CCCCNc1ccc(C(=O)OCCOCCOCCOCCOCCOCCOCCOCCOCCOC(=O)c2ccc(NCCCC)cc2)cc1. The molecule has 2 N–H and O–H groups in total. The maximum absolute atomic E-state index is 12.1. The summed E-state index contributed by atoms with van der Waals surface area (Å²) in [7, 11) is 0. The van der Waals surface area contributed by atoms with Gasteiger partial charge in [-0.2, -0.15) is 0 Å². The van der Waals surface area contributed by atoms with Crippen molar-refractivity contribution in [3.63, 3.8) is 0 Å². The Bertz CT molecular complexity index is 1080. The van der Waals surface area contributed by atoms with Crippen LogP contribution in [0.2, 0.25) is 0 Å². The van der Waals surface area contributed by atoms with Gasteiger partial charge < -0.3 is 58.0 Å². The lowest BCUT2D eigenvalue weighted by Gasteiger charge is -2.09. The third-order valence-electron chi connectivity index (χ3n) is 7.49. The molecule has 0 aliphatic heterocycles. The highest BCUT2D eigenvalue weighted by atomic mass is 16.6. The molecule has 0 atom stereocenters. The summed E-state index contributed by atoms with van der Waals surface area (Å²) in [4.78, 5) is 24.3. The van der Waals surface area contributed by atoms with E-state index < -0.39 is 0 Å². The summed E-state index contributed by atoms with van der Waals surface area (Å²) < 4.78 is 54.3. The van der Waals surface area contributed by atoms with Gasteiger partial charge in [0.1, 0.15) is 13.2 Å². The normalized spacial score (nSPS) is 11.1. The zero-order valence-corrected chi connectivity index (χ0v) is 32.5. The highest BCUT2D eigenvalue weighted by Crippen LogP contribution is 2.12. The number of carbonyl (C=O) groups is 2. The van der Waals surface area contributed by atoms with Gasteiger partial charge in [0.2, 0.25) is 0 Å². The average Bonchev–Trinajstić information content (AvgIpc) is 3.19. The first-order valence-corrected chi connectivity index (χ1v) is 19.3. The number of nitrogens with one attached hydrogen (secondary N) is 2. The van der Waals surface area contributed by atoms with Gasteiger partial charge in [-0.25, -0.2) is 9.59 Å². The molecule has 0 aliphatic carbocycles. The van der Waals surface area contributed by atoms with Crippen LogP contribution in [0.25, 0.3) is 0 Å². The zero-order valence-electron chi connectivity index (χ0n) is 32.5. The van der Waals surface area contributed by atoms with Crippen LogP contribution in [0.4, 0.5) is 11.4 Å². The van der Waals surface area contributed by atoms with Crippen molar-refractivity contribution in [2.45, 2.75) is 39.5 Å². The Morgan fingerprint density at radius 3 is 0.870 bits per heavy atom. The quantitative estimate of drug-likeness (QED) is 0.0681. The fourth-order valence-corrected chi connectivity index (χ4v) is 4.46. The summed E-state index contributed by atoms with van der Waals surface area (Å²) in [6.45, 7) is 13.4. The van der Waals surface area contributed by atoms with Crippen LogP contribution in [0.1, 0.15) is 60.2 Å². The second kappa shape index (κ2) is 34.2. The van der Waals surface area contributed by atoms with Crippen molar-refractivity contribution >= 4 is 23.3 Å². The van der Waals surface area contributed by atoms with Crippen LogP contribution in [0.3, 0.4) is 0 Å². The Hall–Kier alpha value is -3.34. The van der Waals surface area contributed by atoms with Crippen LogP contribution >= 0.6 is 0 Å². The number of hydrogen-bond acceptors (Lipinski definition) is 14. The largest absolute Gasteiger partial charge is 0.460 e. The minimum absolute atomic E-state index is 0.184. The molecule has 0 fully saturated rings. The first-order valence-electron chi connectivity index (χ1n) is 19.3. The third-order valence-corrected chi connectivity index (χ3v) is 7.49. The van der Waals surface area contributed by atoms with E-state index in [-0.39, 0.29) is 25.2 Å². The second-order valence-electron chi connectivity index (χ2n) is 11.9. The number of anilines is 2. The first-order chi connectivity index (χ1) is 26.6. The van der Waals surface area contributed by atoms with Gasteiger partial charge in [-0.1, -0.05) is 26.7 Å². The van der Waals surface area contributed by atoms with Crippen molar-refractivity contribution in [3.05, 3.63) is 59.7 Å². The fourth-order valence-electron chi connectivity index (χ4n) is 4.46. The van der Waals surface area contributed by atoms with Gasteiger partial charge >= 0.3 is 11.9 Å². The molecule has 306 valence electrons. The van der Waals surface area contributed by atoms with Gasteiger partial charge in [0.15, 0.2) is 0 Å². The second-order valence-corrected chi connectivity index (χ2v) is 11.9. The lowest BCUT2D eigenvalue weighted by molar-refractivity contribution is -0.0254. The smallest absolute Gasteiger partial charge is 0.338 e. The molecule has 2 rings (SSSR count). The van der Waals surface area contributed by atoms with E-state index in [1.54, 1.807) is 24.3 Å². The van der Waals surface area contributed by atoms with E-state index in [1.807, 2.05) is 24.3 Å². The van der Waals surface area contributed by atoms with Gasteiger partial charge in [-0.3, -0.25) is 0 Å². The molecule has 0 radical (unpaired) electrons. The van der Waals surface area contributed by atoms with E-state index in [1.165, 1.54) is 0 Å². The topological polar surface area (TPSA) is 151 Å². The monoisotopic (exact) mass is 764 g/mol. The predicted octanol–water partition coefficient (Wildman–Crippen LogP) is 5.26. The molecule has 0 bridgehead atoms. The van der Waals surface area contributed by atoms with Gasteiger partial charge in [-0.15, -0.1) is 0 Å². The maximum atomic E-state index is 12.1. The molecule has 54 heavy (non-hydrogen) atoms. The van der Waals surface area contributed by atoms with Crippen LogP contribution in [0, 0.1) is 0 Å². The van der Waals surface area contributed by atoms with E-state index >= 15 is 0 Å². The molecule has 0 saturated heterocycles. The van der Waals surface area contributed by atoms with E-state index in [9.17, 15) is 9.59 Å². The lowest BCUT2D eigenvalue weighted by atomic mass is 10.2. The first kappa shape index (κ1) is 46.8. The number of unbranched alkanes of at least 4 members (excludes halogenated alkanes) is 2. The van der Waals surface area contributed by atoms with Crippen molar-refractivity contribution < 1.29 is 57.0 Å². The summed E-state index contributed by atoms with van der Waals surface area (Å²) in [5, 5.41) is 6.63. The van der Waals surface area contributed by atoms with E-state index in [2.05, 4.69) is 24.5 Å². The molecule has 2 aromatic rings. The molecule has 0 heterocycles. The zero-order chi connectivity index (χ0) is 38.6. The van der Waals surface area contributed by atoms with Gasteiger partial charge in [0.25, 0.3) is 0 Å². The summed E-state index contributed by atoms with van der Waals surface area (Å²) in [5.41, 5.74) is 3.01. The maximum Gasteiger partial charge on any atom is 0.338 e. The Morgan fingerprint density at radius 1 is 0.389 bits per heavy atom. The Labute approximate surface area is 321 Å². The lowest BCUT2D eigenvalue weighted by Crippen LogP contribution is -2.16. The standard InChI is InChI=1S/C40H64N2O12/c1-3-5-15-41-37-11-7-35(8-12-37)39(43)53-33-31-51-29-27-49-25-23-47-21-19-45-17-18-46-20-22-48-24-26-50-28-30-52-32-34-54-40(44)36-9-13-38(14-10-36)42-16-6-4-2/h7-14,41-42H,3-6,15-34H2,1-2H3. The number of benzene rings is 2. The van der Waals surface area contributed by atoms with Crippen molar-refractivity contribution in [2.75, 3.05) is 143 Å². The minimum atomic E-state index is -0.365. The molecular formula is C40H64N2O12. The van der Waals surface area contributed by atoms with Crippen LogP contribution in [0.15, 0.2) is 48.5 Å². The third kappa shape index (κ3) is 25.6. The predicted molar refractivity (Wildman–Crippen MR) is 207 cm³/mol. The summed E-state index contributed by atoms with van der Waals surface area (Å²) in [6.07, 6.45) is 4.47. The number of rotatable bonds is 37. The minimum Gasteiger partial charge on any atom is -0.460 e. The van der Waals surface area contributed by atoms with Crippen LogP contribution in [0.5, 0.6) is 0 Å². The average molecular weight is 765 g/mol. The van der Waals surface area contributed by atoms with Crippen molar-refractivity contribution in [1.82, 2.24) is 0 Å². The van der Waals surface area contributed by atoms with Gasteiger partial charge in [0, 0.05) is 24.5 Å². The molecular weight excluding hydrogens is 700 g/mol. The number of carbonyl (C=O) groups excluding carboxylic acids is 2. The van der Waals surface area contributed by atoms with Crippen molar-refractivity contribution in [3.8, 4) is 0 Å². The molecule has 0 amide bonds. The Morgan fingerprint density at radius 2 is 0.630 bits per heavy atom. The van der Waals surface area contributed by atoms with Crippen molar-refractivity contribution in [1.29, 1.82) is 0 Å². The van der Waals surface area contributed by atoms with E-state index in [4.69, 9.17) is 47.4 Å². The summed E-state index contributed by atoms with van der Waals surface area (Å²) in [6, 6.07) is 14.6. The van der Waals surface area contributed by atoms with Crippen molar-refractivity contribution in [2.24, 2.45) is 0 Å². The summed E-state index contributed by atoms with van der Waals surface area (Å²) in [5.74, 6) is -0.731. The highest BCUT2D eigenvalue weighted by Gasteiger charge is 2.08. The number of hydrogen-bond donors (Lipinski definition) is 2. The van der Waals surface area contributed by atoms with Crippen LogP contribution < -0.4 is 10.6 Å². The van der Waals surface area contributed by atoms with E-state index in [0.29, 0.717) is 117 Å². The molecule has 2 aromatic carbocycles. The Balaban J connectivity index is 1.22.